The number of rotatable bonds is 3. The molecule has 0 bridgehead atoms. The van der Waals surface area contributed by atoms with Crippen molar-refractivity contribution in [1.29, 1.82) is 0 Å². The van der Waals surface area contributed by atoms with E-state index in [0.717, 1.165) is 18.5 Å². The number of carbonyl (C=O) groups excluding carboxylic acids is 1. The van der Waals surface area contributed by atoms with Crippen molar-refractivity contribution < 1.29 is 4.79 Å². The summed E-state index contributed by atoms with van der Waals surface area (Å²) in [6.45, 7) is 0. The highest BCUT2D eigenvalue weighted by Crippen LogP contribution is 2.25. The van der Waals surface area contributed by atoms with Gasteiger partial charge in [0.15, 0.2) is 5.69 Å². The van der Waals surface area contributed by atoms with E-state index in [4.69, 9.17) is 5.73 Å². The molecule has 0 atom stereocenters. The van der Waals surface area contributed by atoms with Gasteiger partial charge in [0.1, 0.15) is 0 Å². The van der Waals surface area contributed by atoms with Crippen LogP contribution in [0.3, 0.4) is 0 Å². The predicted octanol–water partition coefficient (Wildman–Crippen LogP) is 0.755. The fourth-order valence-corrected chi connectivity index (χ4v) is 1.17. The van der Waals surface area contributed by atoms with Crippen molar-refractivity contribution in [1.82, 2.24) is 4.98 Å². The number of carbonyl (C=O) groups is 1. The second kappa shape index (κ2) is 3.05. The average Bonchev–Trinajstić information content (AvgIpc) is 2.89. The molecule has 1 fully saturated rings. The SMILES string of the molecule is NC(=O)c1ncccc1NC1CC1. The quantitative estimate of drug-likeness (QED) is 0.716. The molecule has 0 saturated heterocycles. The van der Waals surface area contributed by atoms with Crippen LogP contribution >= 0.6 is 0 Å². The zero-order chi connectivity index (χ0) is 9.26. The molecule has 0 aliphatic heterocycles. The zero-order valence-corrected chi connectivity index (χ0v) is 7.16. The van der Waals surface area contributed by atoms with E-state index in [0.29, 0.717) is 11.7 Å². The lowest BCUT2D eigenvalue weighted by molar-refractivity contribution is 0.0996. The first-order chi connectivity index (χ1) is 6.27. The number of nitrogens with zero attached hydrogens (tertiary/aromatic N) is 1. The van der Waals surface area contributed by atoms with Crippen molar-refractivity contribution in [3.05, 3.63) is 24.0 Å². The van der Waals surface area contributed by atoms with Gasteiger partial charge in [0.2, 0.25) is 0 Å². The Bertz CT molecular complexity index is 333. The molecule has 0 radical (unpaired) electrons. The monoisotopic (exact) mass is 177 g/mol. The highest BCUT2D eigenvalue weighted by Gasteiger charge is 2.22. The highest BCUT2D eigenvalue weighted by molar-refractivity contribution is 5.96. The Morgan fingerprint density at radius 3 is 3.00 bits per heavy atom. The maximum Gasteiger partial charge on any atom is 0.269 e. The van der Waals surface area contributed by atoms with Gasteiger partial charge >= 0.3 is 0 Å². The van der Waals surface area contributed by atoms with Crippen LogP contribution in [0.15, 0.2) is 18.3 Å². The lowest BCUT2D eigenvalue weighted by atomic mass is 10.3. The molecule has 1 aliphatic carbocycles. The maximum absolute atomic E-state index is 10.9. The van der Waals surface area contributed by atoms with Gasteiger partial charge in [-0.3, -0.25) is 4.79 Å². The number of nitrogens with two attached hydrogens (primary N) is 1. The summed E-state index contributed by atoms with van der Waals surface area (Å²) in [4.78, 5) is 14.9. The standard InChI is InChI=1S/C9H11N3O/c10-9(13)8-7(2-1-5-11-8)12-6-3-4-6/h1-2,5-6,12H,3-4H2,(H2,10,13). The minimum atomic E-state index is -0.483. The Morgan fingerprint density at radius 2 is 2.38 bits per heavy atom. The van der Waals surface area contributed by atoms with Crippen LogP contribution < -0.4 is 11.1 Å². The van der Waals surface area contributed by atoms with Crippen molar-refractivity contribution in [2.75, 3.05) is 5.32 Å². The Labute approximate surface area is 76.2 Å². The summed E-state index contributed by atoms with van der Waals surface area (Å²) in [7, 11) is 0. The number of primary amides is 1. The zero-order valence-electron chi connectivity index (χ0n) is 7.16. The van der Waals surface area contributed by atoms with E-state index in [-0.39, 0.29) is 0 Å². The first-order valence-electron chi connectivity index (χ1n) is 4.29. The van der Waals surface area contributed by atoms with Gasteiger partial charge in [0, 0.05) is 12.2 Å². The van der Waals surface area contributed by atoms with E-state index < -0.39 is 5.91 Å². The first-order valence-corrected chi connectivity index (χ1v) is 4.29. The summed E-state index contributed by atoms with van der Waals surface area (Å²) >= 11 is 0. The van der Waals surface area contributed by atoms with E-state index in [1.54, 1.807) is 12.3 Å². The summed E-state index contributed by atoms with van der Waals surface area (Å²) in [6.07, 6.45) is 3.89. The molecule has 0 spiro atoms. The van der Waals surface area contributed by atoms with Crippen molar-refractivity contribution in [2.24, 2.45) is 5.73 Å². The van der Waals surface area contributed by atoms with Gasteiger partial charge in [0.25, 0.3) is 5.91 Å². The summed E-state index contributed by atoms with van der Waals surface area (Å²) in [5.41, 5.74) is 6.25. The van der Waals surface area contributed by atoms with Gasteiger partial charge in [-0.05, 0) is 25.0 Å². The molecule has 1 aromatic heterocycles. The number of anilines is 1. The maximum atomic E-state index is 10.9. The molecule has 13 heavy (non-hydrogen) atoms. The summed E-state index contributed by atoms with van der Waals surface area (Å²) < 4.78 is 0. The number of hydrogen-bond donors (Lipinski definition) is 2. The molecule has 2 rings (SSSR count). The fraction of sp³-hybridized carbons (Fsp3) is 0.333. The van der Waals surface area contributed by atoms with Crippen LogP contribution in [0.4, 0.5) is 5.69 Å². The Balaban J connectivity index is 2.25. The lowest BCUT2D eigenvalue weighted by Gasteiger charge is -2.06. The molecule has 1 saturated carbocycles. The van der Waals surface area contributed by atoms with Crippen LogP contribution in [-0.2, 0) is 0 Å². The molecule has 1 aliphatic rings. The van der Waals surface area contributed by atoms with Crippen molar-refractivity contribution in [3.63, 3.8) is 0 Å². The Kier molecular flexibility index (Phi) is 1.88. The molecule has 1 heterocycles. The topological polar surface area (TPSA) is 68.0 Å². The van der Waals surface area contributed by atoms with Crippen LogP contribution in [-0.4, -0.2) is 16.9 Å². The second-order valence-electron chi connectivity index (χ2n) is 3.18. The molecule has 0 aromatic carbocycles. The molecule has 4 heteroatoms. The number of pyridine rings is 1. The number of nitrogens with one attached hydrogen (secondary N) is 1. The van der Waals surface area contributed by atoms with Gasteiger partial charge < -0.3 is 11.1 Å². The molecule has 1 amide bonds. The summed E-state index contributed by atoms with van der Waals surface area (Å²) in [5, 5.41) is 3.20. The highest BCUT2D eigenvalue weighted by atomic mass is 16.1. The molecule has 4 nitrogen and oxygen atoms in total. The van der Waals surface area contributed by atoms with Crippen molar-refractivity contribution >= 4 is 11.6 Å². The third-order valence-electron chi connectivity index (χ3n) is 1.98. The largest absolute Gasteiger partial charge is 0.380 e. The lowest BCUT2D eigenvalue weighted by Crippen LogP contribution is -2.16. The Hall–Kier alpha value is -1.58. The van der Waals surface area contributed by atoms with Crippen LogP contribution in [0.1, 0.15) is 23.3 Å². The van der Waals surface area contributed by atoms with Gasteiger partial charge in [0.05, 0.1) is 5.69 Å². The van der Waals surface area contributed by atoms with Gasteiger partial charge in [-0.15, -0.1) is 0 Å². The molecule has 0 unspecified atom stereocenters. The second-order valence-corrected chi connectivity index (χ2v) is 3.18. The van der Waals surface area contributed by atoms with E-state index in [2.05, 4.69) is 10.3 Å². The molecule has 3 N–H and O–H groups in total. The number of hydrogen-bond acceptors (Lipinski definition) is 3. The van der Waals surface area contributed by atoms with E-state index >= 15 is 0 Å². The fourth-order valence-electron chi connectivity index (χ4n) is 1.17. The van der Waals surface area contributed by atoms with E-state index in [9.17, 15) is 4.79 Å². The number of aromatic nitrogens is 1. The predicted molar refractivity (Wildman–Crippen MR) is 49.4 cm³/mol. The van der Waals surface area contributed by atoms with Crippen LogP contribution in [0, 0.1) is 0 Å². The molecular weight excluding hydrogens is 166 g/mol. The van der Waals surface area contributed by atoms with Gasteiger partial charge in [-0.2, -0.15) is 0 Å². The first kappa shape index (κ1) is 8.04. The average molecular weight is 177 g/mol. The summed E-state index contributed by atoms with van der Waals surface area (Å²) in [5.74, 6) is -0.483. The minimum Gasteiger partial charge on any atom is -0.380 e. The minimum absolute atomic E-state index is 0.328. The van der Waals surface area contributed by atoms with Crippen molar-refractivity contribution in [3.8, 4) is 0 Å². The smallest absolute Gasteiger partial charge is 0.269 e. The van der Waals surface area contributed by atoms with Crippen molar-refractivity contribution in [2.45, 2.75) is 18.9 Å². The van der Waals surface area contributed by atoms with Crippen LogP contribution in [0.2, 0.25) is 0 Å². The van der Waals surface area contributed by atoms with E-state index in [1.165, 1.54) is 0 Å². The molecular formula is C9H11N3O. The molecule has 68 valence electrons. The Morgan fingerprint density at radius 1 is 1.62 bits per heavy atom. The summed E-state index contributed by atoms with van der Waals surface area (Å²) in [6, 6.07) is 4.12. The van der Waals surface area contributed by atoms with E-state index in [1.807, 2.05) is 6.07 Å². The van der Waals surface area contributed by atoms with Gasteiger partial charge in [-0.1, -0.05) is 0 Å². The third-order valence-corrected chi connectivity index (χ3v) is 1.98. The molecule has 1 aromatic rings. The number of amides is 1. The van der Waals surface area contributed by atoms with Crippen LogP contribution in [0.5, 0.6) is 0 Å². The van der Waals surface area contributed by atoms with Gasteiger partial charge in [-0.25, -0.2) is 4.98 Å². The van der Waals surface area contributed by atoms with Crippen LogP contribution in [0.25, 0.3) is 0 Å². The normalized spacial score (nSPS) is 15.4. The third kappa shape index (κ3) is 1.77.